The molecule has 0 saturated carbocycles. The summed E-state index contributed by atoms with van der Waals surface area (Å²) in [5.74, 6) is 0.0542. The number of ketones is 1. The highest BCUT2D eigenvalue weighted by molar-refractivity contribution is 7.89. The molecule has 6 heteroatoms. The van der Waals surface area contributed by atoms with Crippen LogP contribution in [0.1, 0.15) is 32.1 Å². The molecule has 2 unspecified atom stereocenters. The molecule has 2 aliphatic heterocycles. The zero-order valence-corrected chi connectivity index (χ0v) is 12.5. The zero-order valence-electron chi connectivity index (χ0n) is 11.0. The Morgan fingerprint density at radius 3 is 2.50 bits per heavy atom. The van der Waals surface area contributed by atoms with Gasteiger partial charge in [-0.05, 0) is 49.9 Å². The molecule has 1 aromatic carbocycles. The van der Waals surface area contributed by atoms with E-state index in [0.717, 1.165) is 12.8 Å². The van der Waals surface area contributed by atoms with Crippen molar-refractivity contribution in [1.82, 2.24) is 4.31 Å². The summed E-state index contributed by atoms with van der Waals surface area (Å²) in [6.07, 6.45) is 3.55. The summed E-state index contributed by atoms with van der Waals surface area (Å²) in [5, 5.41) is 0.499. The second-order valence-corrected chi connectivity index (χ2v) is 7.67. The van der Waals surface area contributed by atoms with Crippen LogP contribution < -0.4 is 0 Å². The summed E-state index contributed by atoms with van der Waals surface area (Å²) in [5.41, 5.74) is 0. The molecule has 0 aromatic heterocycles. The summed E-state index contributed by atoms with van der Waals surface area (Å²) in [6, 6.07) is 5.64. The molecule has 0 N–H and O–H groups in total. The number of hydrogen-bond donors (Lipinski definition) is 0. The lowest BCUT2D eigenvalue weighted by Crippen LogP contribution is -2.56. The van der Waals surface area contributed by atoms with Crippen LogP contribution in [0.2, 0.25) is 5.02 Å². The number of carbonyl (C=O) groups excluding carboxylic acids is 1. The number of halogens is 1. The molecule has 2 aliphatic rings. The molecule has 2 atom stereocenters. The molecule has 0 aliphatic carbocycles. The Balaban J connectivity index is 2.01. The number of nitrogens with zero attached hydrogens (tertiary/aromatic N) is 1. The van der Waals surface area contributed by atoms with Crippen molar-refractivity contribution in [2.75, 3.05) is 0 Å². The quantitative estimate of drug-likeness (QED) is 0.843. The summed E-state index contributed by atoms with van der Waals surface area (Å²) < 4.78 is 27.0. The molecule has 4 nitrogen and oxygen atoms in total. The van der Waals surface area contributed by atoms with Crippen molar-refractivity contribution in [2.24, 2.45) is 0 Å². The van der Waals surface area contributed by atoms with Crippen LogP contribution in [0.4, 0.5) is 0 Å². The highest BCUT2D eigenvalue weighted by Crippen LogP contribution is 2.36. The van der Waals surface area contributed by atoms with Gasteiger partial charge in [0.1, 0.15) is 0 Å². The van der Waals surface area contributed by atoms with Crippen LogP contribution in [-0.4, -0.2) is 30.6 Å². The monoisotopic (exact) mass is 313 g/mol. The van der Waals surface area contributed by atoms with Crippen molar-refractivity contribution in [1.29, 1.82) is 0 Å². The first-order chi connectivity index (χ1) is 9.50. The third-order valence-electron chi connectivity index (χ3n) is 4.17. The van der Waals surface area contributed by atoms with Crippen LogP contribution in [0.5, 0.6) is 0 Å². The van der Waals surface area contributed by atoms with E-state index in [-0.39, 0.29) is 16.7 Å². The molecule has 2 bridgehead atoms. The molecule has 0 radical (unpaired) electrons. The first-order valence-electron chi connectivity index (χ1n) is 6.82. The molecule has 108 valence electrons. The fourth-order valence-corrected chi connectivity index (χ4v) is 5.21. The summed E-state index contributed by atoms with van der Waals surface area (Å²) in [7, 11) is -3.62. The highest BCUT2D eigenvalue weighted by Gasteiger charge is 2.45. The molecular formula is C14H16ClNO3S. The van der Waals surface area contributed by atoms with Crippen molar-refractivity contribution in [3.63, 3.8) is 0 Å². The second-order valence-electron chi connectivity index (χ2n) is 5.39. The number of fused-ring (bicyclic) bond motifs is 2. The Bertz CT molecular complexity index is 626. The third-order valence-corrected chi connectivity index (χ3v) is 6.39. The van der Waals surface area contributed by atoms with Gasteiger partial charge in [0.2, 0.25) is 10.0 Å². The van der Waals surface area contributed by atoms with Crippen molar-refractivity contribution in [2.45, 2.75) is 49.1 Å². The average Bonchev–Trinajstić information content (AvgIpc) is 2.43. The molecule has 0 spiro atoms. The Morgan fingerprint density at radius 1 is 1.10 bits per heavy atom. The molecule has 20 heavy (non-hydrogen) atoms. The third kappa shape index (κ3) is 2.28. The van der Waals surface area contributed by atoms with Gasteiger partial charge >= 0.3 is 0 Å². The van der Waals surface area contributed by atoms with Gasteiger partial charge in [-0.15, -0.1) is 0 Å². The minimum absolute atomic E-state index is 0.0351. The standard InChI is InChI=1S/C14H16ClNO3S/c15-10-4-7-12(8-5-10)20(18,19)16-11-2-1-3-13(16)14(17)9-6-11/h4-5,7-8,11,13H,1-3,6,9H2. The molecule has 3 rings (SSSR count). The minimum atomic E-state index is -3.62. The lowest BCUT2D eigenvalue weighted by atomic mass is 9.86. The van der Waals surface area contributed by atoms with Gasteiger partial charge in [0.05, 0.1) is 10.9 Å². The number of piperidine rings is 2. The highest BCUT2D eigenvalue weighted by atomic mass is 35.5. The number of hydrogen-bond acceptors (Lipinski definition) is 3. The van der Waals surface area contributed by atoms with Crippen LogP contribution in [0, 0.1) is 0 Å². The van der Waals surface area contributed by atoms with E-state index in [9.17, 15) is 13.2 Å². The lowest BCUT2D eigenvalue weighted by molar-refractivity contribution is -0.127. The van der Waals surface area contributed by atoms with Crippen molar-refractivity contribution in [3.05, 3.63) is 29.3 Å². The number of rotatable bonds is 2. The Morgan fingerprint density at radius 2 is 1.80 bits per heavy atom. The molecule has 0 amide bonds. The maximum absolute atomic E-state index is 12.8. The topological polar surface area (TPSA) is 54.5 Å². The van der Waals surface area contributed by atoms with E-state index in [4.69, 9.17) is 11.6 Å². The first kappa shape index (κ1) is 14.0. The van der Waals surface area contributed by atoms with Gasteiger partial charge in [0.25, 0.3) is 0 Å². The van der Waals surface area contributed by atoms with Crippen LogP contribution in [0.3, 0.4) is 0 Å². The van der Waals surface area contributed by atoms with E-state index in [1.165, 1.54) is 16.4 Å². The second kappa shape index (κ2) is 5.13. The number of carbonyl (C=O) groups is 1. The van der Waals surface area contributed by atoms with Crippen molar-refractivity contribution < 1.29 is 13.2 Å². The van der Waals surface area contributed by atoms with Crippen LogP contribution in [0.15, 0.2) is 29.2 Å². The predicted octanol–water partition coefficient (Wildman–Crippen LogP) is 2.61. The van der Waals surface area contributed by atoms with Crippen molar-refractivity contribution in [3.8, 4) is 0 Å². The maximum Gasteiger partial charge on any atom is 0.243 e. The van der Waals surface area contributed by atoms with Crippen LogP contribution in [-0.2, 0) is 14.8 Å². The van der Waals surface area contributed by atoms with Gasteiger partial charge < -0.3 is 0 Å². The van der Waals surface area contributed by atoms with E-state index >= 15 is 0 Å². The van der Waals surface area contributed by atoms with E-state index in [1.54, 1.807) is 12.1 Å². The summed E-state index contributed by atoms with van der Waals surface area (Å²) >= 11 is 5.80. The van der Waals surface area contributed by atoms with Gasteiger partial charge in [-0.1, -0.05) is 11.6 Å². The smallest absolute Gasteiger partial charge is 0.243 e. The molecule has 2 heterocycles. The fraction of sp³-hybridized carbons (Fsp3) is 0.500. The van der Waals surface area contributed by atoms with Crippen LogP contribution in [0.25, 0.3) is 0 Å². The van der Waals surface area contributed by atoms with E-state index < -0.39 is 16.1 Å². The maximum atomic E-state index is 12.8. The summed E-state index contributed by atoms with van der Waals surface area (Å²) in [6.45, 7) is 0. The molecular weight excluding hydrogens is 298 g/mol. The normalized spacial score (nSPS) is 27.6. The fourth-order valence-electron chi connectivity index (χ4n) is 3.20. The zero-order chi connectivity index (χ0) is 14.3. The molecule has 2 saturated heterocycles. The first-order valence-corrected chi connectivity index (χ1v) is 8.64. The van der Waals surface area contributed by atoms with E-state index in [1.807, 2.05) is 0 Å². The van der Waals surface area contributed by atoms with Crippen LogP contribution >= 0.6 is 11.6 Å². The number of Topliss-reactive ketones (excluding diaryl/α,β-unsaturated/α-hetero) is 1. The van der Waals surface area contributed by atoms with Gasteiger partial charge in [0.15, 0.2) is 5.78 Å². The molecule has 2 fully saturated rings. The van der Waals surface area contributed by atoms with Gasteiger partial charge in [0, 0.05) is 17.5 Å². The average molecular weight is 314 g/mol. The van der Waals surface area contributed by atoms with Gasteiger partial charge in [-0.2, -0.15) is 4.31 Å². The Kier molecular flexibility index (Phi) is 3.60. The minimum Gasteiger partial charge on any atom is -0.298 e. The predicted molar refractivity (Wildman–Crippen MR) is 76.1 cm³/mol. The van der Waals surface area contributed by atoms with Crippen molar-refractivity contribution >= 4 is 27.4 Å². The Hall–Kier alpha value is -0.910. The lowest BCUT2D eigenvalue weighted by Gasteiger charge is -2.43. The summed E-state index contributed by atoms with van der Waals surface area (Å²) in [4.78, 5) is 12.2. The van der Waals surface area contributed by atoms with E-state index in [2.05, 4.69) is 0 Å². The largest absolute Gasteiger partial charge is 0.298 e. The number of sulfonamides is 1. The van der Waals surface area contributed by atoms with Gasteiger partial charge in [-0.3, -0.25) is 4.79 Å². The Labute approximate surface area is 123 Å². The van der Waals surface area contributed by atoms with Gasteiger partial charge in [-0.25, -0.2) is 8.42 Å². The molecule has 1 aromatic rings. The SMILES string of the molecule is O=C1CCC2CCCC1N2S(=O)(=O)c1ccc(Cl)cc1. The van der Waals surface area contributed by atoms with E-state index in [0.29, 0.717) is 24.3 Å². The number of benzene rings is 1.